The molecule has 0 unspecified atom stereocenters. The summed E-state index contributed by atoms with van der Waals surface area (Å²) in [4.78, 5) is 13.1. The summed E-state index contributed by atoms with van der Waals surface area (Å²) < 4.78 is 1.75. The molecule has 1 heterocycles. The Kier molecular flexibility index (Phi) is 3.39. The molecule has 0 saturated carbocycles. The molecule has 0 atom stereocenters. The van der Waals surface area contributed by atoms with Crippen molar-refractivity contribution >= 4 is 34.1 Å². The fourth-order valence-electron chi connectivity index (χ4n) is 1.87. The largest absolute Gasteiger partial charge is 0.287 e. The molecule has 5 heteroatoms. The van der Waals surface area contributed by atoms with Gasteiger partial charge in [-0.3, -0.25) is 14.4 Å². The fourth-order valence-corrected chi connectivity index (χ4v) is 2.17. The molecule has 0 bridgehead atoms. The summed E-state index contributed by atoms with van der Waals surface area (Å²) in [5.41, 5.74) is 1.61. The molecule has 0 aliphatic heterocycles. The molecule has 2 rings (SSSR count). The Morgan fingerprint density at radius 1 is 1.50 bits per heavy atom. The minimum atomic E-state index is -0.0850. The van der Waals surface area contributed by atoms with E-state index in [2.05, 4.69) is 5.10 Å². The summed E-state index contributed by atoms with van der Waals surface area (Å²) in [6.07, 6.45) is 5.20. The predicted molar refractivity (Wildman–Crippen MR) is 73.7 cm³/mol. The molecule has 18 heavy (non-hydrogen) atoms. The maximum absolute atomic E-state index is 11.6. The smallest absolute Gasteiger partial charge is 0.227 e. The topological polar surface area (TPSA) is 38.1 Å². The third-order valence-corrected chi connectivity index (χ3v) is 3.14. The van der Waals surface area contributed by atoms with Gasteiger partial charge < -0.3 is 0 Å². The van der Waals surface area contributed by atoms with E-state index < -0.39 is 0 Å². The van der Waals surface area contributed by atoms with Crippen LogP contribution in [0.25, 0.3) is 10.9 Å². The molecule has 1 aromatic carbocycles. The normalized spacial score (nSPS) is 11.3. The van der Waals surface area contributed by atoms with E-state index in [1.54, 1.807) is 23.2 Å². The van der Waals surface area contributed by atoms with Crippen LogP contribution in [0.3, 0.4) is 0 Å². The van der Waals surface area contributed by atoms with Crippen molar-refractivity contribution in [3.63, 3.8) is 0 Å². The van der Waals surface area contributed by atoms with Crippen molar-refractivity contribution in [1.82, 2.24) is 9.78 Å². The van der Waals surface area contributed by atoms with Crippen molar-refractivity contribution in [2.45, 2.75) is 13.8 Å². The number of allylic oxidation sites excluding steroid dienone is 1. The van der Waals surface area contributed by atoms with Crippen LogP contribution in [0.4, 0.5) is 5.69 Å². The molecular formula is C13H14ClN3O. The van der Waals surface area contributed by atoms with Gasteiger partial charge in [-0.15, -0.1) is 0 Å². The molecule has 0 radical (unpaired) electrons. The Labute approximate surface area is 110 Å². The Hall–Kier alpha value is -1.81. The minimum Gasteiger partial charge on any atom is -0.287 e. The van der Waals surface area contributed by atoms with Gasteiger partial charge in [0.15, 0.2) is 0 Å². The zero-order valence-corrected chi connectivity index (χ0v) is 11.3. The number of aromatic nitrogens is 2. The van der Waals surface area contributed by atoms with E-state index >= 15 is 0 Å². The Morgan fingerprint density at radius 3 is 2.83 bits per heavy atom. The van der Waals surface area contributed by atoms with E-state index in [0.717, 1.165) is 10.9 Å². The van der Waals surface area contributed by atoms with Gasteiger partial charge in [0.05, 0.1) is 22.4 Å². The van der Waals surface area contributed by atoms with Gasteiger partial charge in [-0.2, -0.15) is 5.10 Å². The predicted octanol–water partition coefficient (Wildman–Crippen LogP) is 3.11. The van der Waals surface area contributed by atoms with Crippen LogP contribution in [0, 0.1) is 0 Å². The van der Waals surface area contributed by atoms with Crippen molar-refractivity contribution in [1.29, 1.82) is 0 Å². The highest BCUT2D eigenvalue weighted by Crippen LogP contribution is 2.33. The van der Waals surface area contributed by atoms with E-state index in [-0.39, 0.29) is 5.91 Å². The van der Waals surface area contributed by atoms with Crippen LogP contribution in [0.5, 0.6) is 0 Å². The Morgan fingerprint density at radius 2 is 2.22 bits per heavy atom. The Bertz CT molecular complexity index is 630. The molecule has 0 saturated heterocycles. The van der Waals surface area contributed by atoms with E-state index in [0.29, 0.717) is 10.7 Å². The number of benzene rings is 1. The molecule has 1 aromatic heterocycles. The quantitative estimate of drug-likeness (QED) is 0.835. The number of rotatable bonds is 2. The third-order valence-electron chi connectivity index (χ3n) is 2.74. The second kappa shape index (κ2) is 4.82. The van der Waals surface area contributed by atoms with Crippen LogP contribution in [0.2, 0.25) is 5.02 Å². The van der Waals surface area contributed by atoms with Gasteiger partial charge in [-0.05, 0) is 19.1 Å². The summed E-state index contributed by atoms with van der Waals surface area (Å²) in [7, 11) is 1.85. The zero-order chi connectivity index (χ0) is 13.3. The van der Waals surface area contributed by atoms with Gasteiger partial charge in [-0.1, -0.05) is 17.7 Å². The summed E-state index contributed by atoms with van der Waals surface area (Å²) >= 11 is 6.35. The minimum absolute atomic E-state index is 0.0850. The van der Waals surface area contributed by atoms with Crippen LogP contribution in [0.1, 0.15) is 13.8 Å². The highest BCUT2D eigenvalue weighted by molar-refractivity contribution is 6.38. The van der Waals surface area contributed by atoms with Gasteiger partial charge in [0.1, 0.15) is 0 Å². The first-order valence-corrected chi connectivity index (χ1v) is 5.97. The SMILES string of the molecule is C/C=C\N(C(C)=O)c1ccc2c(cnn2C)c1Cl. The standard InChI is InChI=1S/C13H14ClN3O/c1-4-7-17(9(2)18)12-6-5-11-10(13(12)14)8-15-16(11)3/h4-8H,1-3H3/b7-4-. The molecule has 1 amide bonds. The third kappa shape index (κ3) is 1.99. The van der Waals surface area contributed by atoms with Crippen molar-refractivity contribution in [3.8, 4) is 0 Å². The van der Waals surface area contributed by atoms with Crippen LogP contribution < -0.4 is 4.90 Å². The summed E-state index contributed by atoms with van der Waals surface area (Å²) in [5.74, 6) is -0.0850. The molecule has 4 nitrogen and oxygen atoms in total. The molecule has 0 spiro atoms. The number of hydrogen-bond acceptors (Lipinski definition) is 2. The summed E-state index contributed by atoms with van der Waals surface area (Å²) in [6.45, 7) is 3.36. The summed E-state index contributed by atoms with van der Waals surface area (Å²) in [5, 5.41) is 5.53. The first kappa shape index (κ1) is 12.6. The first-order chi connectivity index (χ1) is 8.56. The lowest BCUT2D eigenvalue weighted by atomic mass is 10.2. The molecule has 94 valence electrons. The van der Waals surface area contributed by atoms with Gasteiger partial charge in [0.2, 0.25) is 5.91 Å². The average molecular weight is 264 g/mol. The van der Waals surface area contributed by atoms with Crippen molar-refractivity contribution in [3.05, 3.63) is 35.6 Å². The van der Waals surface area contributed by atoms with Gasteiger partial charge in [-0.25, -0.2) is 0 Å². The summed E-state index contributed by atoms with van der Waals surface area (Å²) in [6, 6.07) is 3.73. The molecule has 0 fully saturated rings. The van der Waals surface area contributed by atoms with E-state index in [4.69, 9.17) is 11.6 Å². The van der Waals surface area contributed by atoms with Crippen molar-refractivity contribution in [2.75, 3.05) is 4.90 Å². The van der Waals surface area contributed by atoms with Gasteiger partial charge in [0, 0.05) is 25.6 Å². The second-order valence-electron chi connectivity index (χ2n) is 3.97. The number of nitrogens with zero attached hydrogens (tertiary/aromatic N) is 3. The van der Waals surface area contributed by atoms with E-state index in [1.165, 1.54) is 11.8 Å². The van der Waals surface area contributed by atoms with Gasteiger partial charge in [0.25, 0.3) is 0 Å². The number of amides is 1. The molecular weight excluding hydrogens is 250 g/mol. The van der Waals surface area contributed by atoms with Crippen molar-refractivity contribution in [2.24, 2.45) is 7.05 Å². The zero-order valence-electron chi connectivity index (χ0n) is 10.5. The number of halogens is 1. The van der Waals surface area contributed by atoms with Crippen LogP contribution >= 0.6 is 11.6 Å². The Balaban J connectivity index is 2.64. The molecule has 2 aromatic rings. The first-order valence-electron chi connectivity index (χ1n) is 5.59. The number of carbonyl (C=O) groups excluding carboxylic acids is 1. The number of anilines is 1. The fraction of sp³-hybridized carbons (Fsp3) is 0.231. The van der Waals surface area contributed by atoms with Crippen molar-refractivity contribution < 1.29 is 4.79 Å². The van der Waals surface area contributed by atoms with Crippen LogP contribution in [-0.2, 0) is 11.8 Å². The van der Waals surface area contributed by atoms with Crippen LogP contribution in [0.15, 0.2) is 30.6 Å². The number of fused-ring (bicyclic) bond motifs is 1. The van der Waals surface area contributed by atoms with Gasteiger partial charge >= 0.3 is 0 Å². The second-order valence-corrected chi connectivity index (χ2v) is 4.35. The lowest BCUT2D eigenvalue weighted by Gasteiger charge is -2.18. The highest BCUT2D eigenvalue weighted by atomic mass is 35.5. The number of carbonyl (C=O) groups is 1. The van der Waals surface area contributed by atoms with E-state index in [9.17, 15) is 4.79 Å². The number of aryl methyl sites for hydroxylation is 1. The number of hydrogen-bond donors (Lipinski definition) is 0. The maximum Gasteiger partial charge on any atom is 0.227 e. The van der Waals surface area contributed by atoms with E-state index in [1.807, 2.05) is 26.1 Å². The van der Waals surface area contributed by atoms with Crippen LogP contribution in [-0.4, -0.2) is 15.7 Å². The monoisotopic (exact) mass is 263 g/mol. The molecule has 0 N–H and O–H groups in total. The molecule has 0 aliphatic rings. The molecule has 0 aliphatic carbocycles. The average Bonchev–Trinajstić information content (AvgIpc) is 2.70. The maximum atomic E-state index is 11.6. The lowest BCUT2D eigenvalue weighted by Crippen LogP contribution is -2.22. The highest BCUT2D eigenvalue weighted by Gasteiger charge is 2.15. The lowest BCUT2D eigenvalue weighted by molar-refractivity contribution is -0.116.